The lowest BCUT2D eigenvalue weighted by Crippen LogP contribution is -2.56. The summed E-state index contributed by atoms with van der Waals surface area (Å²) in [5, 5.41) is 3.69. The van der Waals surface area contributed by atoms with E-state index in [0.717, 1.165) is 29.7 Å². The van der Waals surface area contributed by atoms with Crippen LogP contribution in [-0.2, 0) is 11.2 Å². The predicted octanol–water partition coefficient (Wildman–Crippen LogP) is 2.44. The largest absolute Gasteiger partial charge is 0.422 e. The van der Waals surface area contributed by atoms with Crippen LogP contribution in [0.25, 0.3) is 11.0 Å². The molecule has 0 unspecified atom stereocenters. The molecule has 4 heterocycles. The SMILES string of the molecule is CCN(CC)c1ccc2c(C)c(CCN3C(=O)NC4(CCN(C(=O)c5ncc[nH]5)CC4)C3=O)c(=O)oc2c1. The van der Waals surface area contributed by atoms with Crippen molar-refractivity contribution in [1.29, 1.82) is 0 Å². The number of imide groups is 1. The van der Waals surface area contributed by atoms with E-state index >= 15 is 0 Å². The van der Waals surface area contributed by atoms with Gasteiger partial charge in [0, 0.05) is 67.8 Å². The molecule has 2 saturated heterocycles. The molecule has 0 atom stereocenters. The van der Waals surface area contributed by atoms with Crippen molar-refractivity contribution in [3.8, 4) is 0 Å². The van der Waals surface area contributed by atoms with Crippen molar-refractivity contribution in [3.63, 3.8) is 0 Å². The van der Waals surface area contributed by atoms with Gasteiger partial charge in [-0.05, 0) is 57.7 Å². The number of benzene rings is 1. The summed E-state index contributed by atoms with van der Waals surface area (Å²) in [7, 11) is 0. The quantitative estimate of drug-likeness (QED) is 0.361. The number of amides is 4. The normalized spacial score (nSPS) is 16.9. The van der Waals surface area contributed by atoms with Crippen LogP contribution >= 0.6 is 0 Å². The minimum atomic E-state index is -1.04. The van der Waals surface area contributed by atoms with Gasteiger partial charge in [0.2, 0.25) is 0 Å². The minimum Gasteiger partial charge on any atom is -0.422 e. The molecule has 2 N–H and O–H groups in total. The zero-order chi connectivity index (χ0) is 27.0. The molecule has 38 heavy (non-hydrogen) atoms. The number of urea groups is 1. The number of likely N-dealkylation sites (tertiary alicyclic amines) is 1. The molecule has 0 bridgehead atoms. The number of rotatable bonds is 7. The highest BCUT2D eigenvalue weighted by atomic mass is 16.4. The monoisotopic (exact) mass is 520 g/mol. The number of carbonyl (C=O) groups excluding carboxylic acids is 3. The fourth-order valence-electron chi connectivity index (χ4n) is 5.52. The van der Waals surface area contributed by atoms with Gasteiger partial charge in [0.25, 0.3) is 11.8 Å². The van der Waals surface area contributed by atoms with E-state index in [1.54, 1.807) is 11.1 Å². The van der Waals surface area contributed by atoms with Crippen LogP contribution in [0.1, 0.15) is 48.4 Å². The van der Waals surface area contributed by atoms with Crippen molar-refractivity contribution in [2.75, 3.05) is 37.6 Å². The highest BCUT2D eigenvalue weighted by Crippen LogP contribution is 2.31. The maximum Gasteiger partial charge on any atom is 0.339 e. The third-order valence-electron chi connectivity index (χ3n) is 7.84. The van der Waals surface area contributed by atoms with Crippen LogP contribution < -0.4 is 15.8 Å². The number of aryl methyl sites for hydroxylation is 1. The first-order valence-electron chi connectivity index (χ1n) is 13.0. The lowest BCUT2D eigenvalue weighted by atomic mass is 9.87. The van der Waals surface area contributed by atoms with Gasteiger partial charge < -0.3 is 24.5 Å². The number of hydrogen-bond donors (Lipinski definition) is 2. The molecule has 5 rings (SSSR count). The Morgan fingerprint density at radius 3 is 2.55 bits per heavy atom. The van der Waals surface area contributed by atoms with E-state index in [-0.39, 0.29) is 30.6 Å². The molecule has 0 radical (unpaired) electrons. The summed E-state index contributed by atoms with van der Waals surface area (Å²) in [4.78, 5) is 63.5. The Morgan fingerprint density at radius 2 is 1.89 bits per heavy atom. The highest BCUT2D eigenvalue weighted by Gasteiger charge is 2.52. The number of nitrogens with one attached hydrogen (secondary N) is 2. The maximum atomic E-state index is 13.4. The molecule has 1 spiro atoms. The van der Waals surface area contributed by atoms with Crippen molar-refractivity contribution in [3.05, 3.63) is 58.0 Å². The number of anilines is 1. The van der Waals surface area contributed by atoms with Crippen LogP contribution in [0, 0.1) is 6.92 Å². The van der Waals surface area contributed by atoms with E-state index < -0.39 is 17.2 Å². The predicted molar refractivity (Wildman–Crippen MR) is 141 cm³/mol. The molecule has 11 nitrogen and oxygen atoms in total. The minimum absolute atomic E-state index is 0.0656. The molecule has 2 aliphatic rings. The fourth-order valence-corrected chi connectivity index (χ4v) is 5.52. The van der Waals surface area contributed by atoms with Crippen molar-refractivity contribution < 1.29 is 18.8 Å². The van der Waals surface area contributed by atoms with Gasteiger partial charge in [-0.1, -0.05) is 0 Å². The van der Waals surface area contributed by atoms with Gasteiger partial charge in [-0.15, -0.1) is 0 Å². The highest BCUT2D eigenvalue weighted by molar-refractivity contribution is 6.07. The van der Waals surface area contributed by atoms with Crippen LogP contribution in [0.4, 0.5) is 10.5 Å². The van der Waals surface area contributed by atoms with Gasteiger partial charge in [-0.2, -0.15) is 0 Å². The van der Waals surface area contributed by atoms with E-state index in [1.165, 1.54) is 11.1 Å². The average molecular weight is 521 g/mol. The Morgan fingerprint density at radius 1 is 1.16 bits per heavy atom. The second-order valence-corrected chi connectivity index (χ2v) is 9.79. The summed E-state index contributed by atoms with van der Waals surface area (Å²) >= 11 is 0. The van der Waals surface area contributed by atoms with Gasteiger partial charge in [-0.3, -0.25) is 14.5 Å². The number of hydrogen-bond acceptors (Lipinski definition) is 7. The summed E-state index contributed by atoms with van der Waals surface area (Å²) in [6, 6.07) is 5.36. The molecule has 0 aliphatic carbocycles. The first-order valence-corrected chi connectivity index (χ1v) is 13.0. The molecule has 2 fully saturated rings. The Labute approximate surface area is 219 Å². The number of H-pyrrole nitrogens is 1. The number of nitrogens with zero attached hydrogens (tertiary/aromatic N) is 4. The van der Waals surface area contributed by atoms with Crippen LogP contribution in [-0.4, -0.2) is 75.9 Å². The Balaban J connectivity index is 1.29. The topological polar surface area (TPSA) is 132 Å². The third-order valence-corrected chi connectivity index (χ3v) is 7.84. The van der Waals surface area contributed by atoms with Crippen LogP contribution in [0.5, 0.6) is 0 Å². The Kier molecular flexibility index (Phi) is 6.68. The lowest BCUT2D eigenvalue weighted by molar-refractivity contribution is -0.132. The zero-order valence-electron chi connectivity index (χ0n) is 21.9. The number of piperidine rings is 1. The lowest BCUT2D eigenvalue weighted by Gasteiger charge is -2.36. The van der Waals surface area contributed by atoms with Crippen LogP contribution in [0.3, 0.4) is 0 Å². The molecule has 200 valence electrons. The molecular formula is C27H32N6O5. The second-order valence-electron chi connectivity index (χ2n) is 9.79. The number of aromatic amines is 1. The molecule has 3 aromatic rings. The molecule has 2 aromatic heterocycles. The molecular weight excluding hydrogens is 488 g/mol. The number of fused-ring (bicyclic) bond motifs is 1. The van der Waals surface area contributed by atoms with E-state index in [9.17, 15) is 19.2 Å². The first kappa shape index (κ1) is 25.5. The van der Waals surface area contributed by atoms with E-state index in [0.29, 0.717) is 37.1 Å². The summed E-state index contributed by atoms with van der Waals surface area (Å²) < 4.78 is 5.67. The van der Waals surface area contributed by atoms with Crippen molar-refractivity contribution in [1.82, 2.24) is 25.1 Å². The van der Waals surface area contributed by atoms with E-state index in [2.05, 4.69) is 34.0 Å². The average Bonchev–Trinajstić information content (AvgIpc) is 3.52. The van der Waals surface area contributed by atoms with E-state index in [1.807, 2.05) is 25.1 Å². The molecule has 1 aromatic carbocycles. The summed E-state index contributed by atoms with van der Waals surface area (Å²) in [6.07, 6.45) is 3.91. The Bertz CT molecular complexity index is 1430. The third kappa shape index (κ3) is 4.31. The molecule has 11 heteroatoms. The van der Waals surface area contributed by atoms with Crippen LogP contribution in [0.15, 0.2) is 39.8 Å². The van der Waals surface area contributed by atoms with Gasteiger partial charge >= 0.3 is 11.7 Å². The number of imidazole rings is 1. The molecule has 2 aliphatic heterocycles. The van der Waals surface area contributed by atoms with Gasteiger partial charge in [0.1, 0.15) is 11.1 Å². The van der Waals surface area contributed by atoms with Crippen LogP contribution in [0.2, 0.25) is 0 Å². The maximum absolute atomic E-state index is 13.4. The van der Waals surface area contributed by atoms with Gasteiger partial charge in [0.05, 0.1) is 0 Å². The van der Waals surface area contributed by atoms with E-state index in [4.69, 9.17) is 4.42 Å². The van der Waals surface area contributed by atoms with Gasteiger partial charge in [-0.25, -0.2) is 14.6 Å². The van der Waals surface area contributed by atoms with Gasteiger partial charge in [0.15, 0.2) is 5.82 Å². The molecule has 0 saturated carbocycles. The van der Waals surface area contributed by atoms with Crippen molar-refractivity contribution in [2.24, 2.45) is 0 Å². The Hall–Kier alpha value is -4.15. The second kappa shape index (κ2) is 9.96. The first-order chi connectivity index (χ1) is 18.3. The standard InChI is InChI=1S/C27H32N6O5/c1-4-31(5-2)18-6-7-19-17(3)20(24(35)38-21(19)16-18)8-13-33-25(36)27(30-26(33)37)9-14-32(15-10-27)23(34)22-28-11-12-29-22/h6-7,11-12,16H,4-5,8-10,13-15H2,1-3H3,(H,28,29)(H,30,37). The fraction of sp³-hybridized carbons (Fsp3) is 0.444. The number of carbonyl (C=O) groups is 3. The van der Waals surface area contributed by atoms with Crippen molar-refractivity contribution >= 4 is 34.5 Å². The molecule has 4 amide bonds. The van der Waals surface area contributed by atoms with Crippen molar-refractivity contribution in [2.45, 2.75) is 45.6 Å². The summed E-state index contributed by atoms with van der Waals surface area (Å²) in [6.45, 7) is 8.40. The zero-order valence-corrected chi connectivity index (χ0v) is 21.9. The smallest absolute Gasteiger partial charge is 0.339 e. The summed E-state index contributed by atoms with van der Waals surface area (Å²) in [5.41, 5.74) is 1.24. The number of aromatic nitrogens is 2. The summed E-state index contributed by atoms with van der Waals surface area (Å²) in [5.74, 6) is -0.307.